The summed E-state index contributed by atoms with van der Waals surface area (Å²) in [6, 6.07) is 0. The smallest absolute Gasteiger partial charge is 0.0850 e. The molecule has 5 heteroatoms. The van der Waals surface area contributed by atoms with E-state index in [2.05, 4.69) is 5.10 Å². The molecule has 1 fully saturated rings. The van der Waals surface area contributed by atoms with Crippen LogP contribution in [0.1, 0.15) is 50.4 Å². The first-order valence-corrected chi connectivity index (χ1v) is 9.04. The quantitative estimate of drug-likeness (QED) is 0.871. The fourth-order valence-corrected chi connectivity index (χ4v) is 4.45. The fourth-order valence-electron chi connectivity index (χ4n) is 2.80. The molecule has 1 atom stereocenters. The van der Waals surface area contributed by atoms with Crippen molar-refractivity contribution < 1.29 is 5.11 Å². The first kappa shape index (κ1) is 16.2. The predicted molar refractivity (Wildman–Crippen MR) is 86.6 cm³/mol. The number of aryl methyl sites for hydroxylation is 2. The summed E-state index contributed by atoms with van der Waals surface area (Å²) in [6.45, 7) is 2.05. The van der Waals surface area contributed by atoms with Gasteiger partial charge in [0.15, 0.2) is 0 Å². The van der Waals surface area contributed by atoms with Crippen LogP contribution in [0.2, 0.25) is 5.02 Å². The summed E-state index contributed by atoms with van der Waals surface area (Å²) in [6.07, 6.45) is 7.79. The molecule has 1 aliphatic rings. The van der Waals surface area contributed by atoms with Crippen molar-refractivity contribution in [3.8, 4) is 0 Å². The molecule has 0 saturated heterocycles. The van der Waals surface area contributed by atoms with Crippen LogP contribution in [0.3, 0.4) is 0 Å². The Balaban J connectivity index is 1.84. The minimum absolute atomic E-state index is 0.334. The number of thioether (sulfide) groups is 1. The molecule has 114 valence electrons. The molecule has 0 aromatic carbocycles. The van der Waals surface area contributed by atoms with Gasteiger partial charge in [-0.25, -0.2) is 0 Å². The zero-order valence-electron chi connectivity index (χ0n) is 12.4. The molecule has 1 saturated carbocycles. The van der Waals surface area contributed by atoms with Crippen LogP contribution < -0.4 is 0 Å². The molecule has 0 radical (unpaired) electrons. The van der Waals surface area contributed by atoms with E-state index in [0.29, 0.717) is 6.42 Å². The van der Waals surface area contributed by atoms with E-state index in [0.717, 1.165) is 33.8 Å². The van der Waals surface area contributed by atoms with Crippen molar-refractivity contribution in [3.63, 3.8) is 0 Å². The van der Waals surface area contributed by atoms with Gasteiger partial charge in [-0.2, -0.15) is 16.9 Å². The molecular formula is C15H25ClN2OS. The maximum absolute atomic E-state index is 10.2. The van der Waals surface area contributed by atoms with Crippen LogP contribution in [0.25, 0.3) is 0 Å². The zero-order chi connectivity index (χ0) is 14.5. The minimum atomic E-state index is -0.334. The maximum atomic E-state index is 10.2. The van der Waals surface area contributed by atoms with E-state index in [1.165, 1.54) is 32.1 Å². The van der Waals surface area contributed by atoms with Gasteiger partial charge in [0.1, 0.15) is 0 Å². The van der Waals surface area contributed by atoms with E-state index in [1.54, 1.807) is 0 Å². The molecule has 0 bridgehead atoms. The molecule has 3 nitrogen and oxygen atoms in total. The summed E-state index contributed by atoms with van der Waals surface area (Å²) in [5.41, 5.74) is 1.89. The van der Waals surface area contributed by atoms with Crippen molar-refractivity contribution in [3.05, 3.63) is 16.4 Å². The van der Waals surface area contributed by atoms with Gasteiger partial charge in [-0.1, -0.05) is 37.8 Å². The normalized spacial score (nSPS) is 18.4. The van der Waals surface area contributed by atoms with Gasteiger partial charge >= 0.3 is 0 Å². The number of aliphatic hydroxyl groups is 1. The van der Waals surface area contributed by atoms with Gasteiger partial charge in [0.2, 0.25) is 0 Å². The Hall–Kier alpha value is -0.190. The van der Waals surface area contributed by atoms with E-state index in [4.69, 9.17) is 11.6 Å². The Morgan fingerprint density at radius 3 is 2.70 bits per heavy atom. The molecule has 0 spiro atoms. The third kappa shape index (κ3) is 4.15. The second-order valence-corrected chi connectivity index (χ2v) is 7.35. The van der Waals surface area contributed by atoms with Gasteiger partial charge < -0.3 is 5.11 Å². The molecule has 1 aromatic rings. The number of rotatable bonds is 6. The summed E-state index contributed by atoms with van der Waals surface area (Å²) in [5.74, 6) is 0.799. The summed E-state index contributed by atoms with van der Waals surface area (Å²) in [4.78, 5) is 0. The number of nitrogens with zero attached hydrogens (tertiary/aromatic N) is 2. The first-order valence-electron chi connectivity index (χ1n) is 7.61. The molecule has 1 aliphatic carbocycles. The van der Waals surface area contributed by atoms with Crippen LogP contribution in [0.5, 0.6) is 0 Å². The number of halogens is 1. The van der Waals surface area contributed by atoms with Crippen molar-refractivity contribution >= 4 is 23.4 Å². The number of hydrogen-bond acceptors (Lipinski definition) is 3. The Labute approximate surface area is 131 Å². The molecule has 1 heterocycles. The summed E-state index contributed by atoms with van der Waals surface area (Å²) >= 11 is 8.25. The Bertz CT molecular complexity index is 430. The first-order chi connectivity index (χ1) is 9.61. The lowest BCUT2D eigenvalue weighted by Gasteiger charge is -2.22. The lowest BCUT2D eigenvalue weighted by Crippen LogP contribution is -2.19. The van der Waals surface area contributed by atoms with E-state index < -0.39 is 0 Å². The average molecular weight is 317 g/mol. The maximum Gasteiger partial charge on any atom is 0.0850 e. The van der Waals surface area contributed by atoms with E-state index in [9.17, 15) is 5.11 Å². The van der Waals surface area contributed by atoms with Crippen LogP contribution in [-0.2, 0) is 19.9 Å². The van der Waals surface area contributed by atoms with E-state index in [1.807, 2.05) is 30.4 Å². The Kier molecular flexibility index (Phi) is 6.24. The summed E-state index contributed by atoms with van der Waals surface area (Å²) in [5, 5.41) is 16.1. The topological polar surface area (TPSA) is 38.0 Å². The minimum Gasteiger partial charge on any atom is -0.392 e. The second kappa shape index (κ2) is 7.71. The lowest BCUT2D eigenvalue weighted by atomic mass is 10.0. The third-order valence-corrected chi connectivity index (χ3v) is 5.96. The number of aliphatic hydroxyl groups excluding tert-OH is 1. The Morgan fingerprint density at radius 1 is 1.40 bits per heavy atom. The van der Waals surface area contributed by atoms with Crippen molar-refractivity contribution in [1.29, 1.82) is 0 Å². The predicted octanol–water partition coefficient (Wildman–Crippen LogP) is 3.61. The van der Waals surface area contributed by atoms with Crippen molar-refractivity contribution in [1.82, 2.24) is 9.78 Å². The zero-order valence-corrected chi connectivity index (χ0v) is 14.0. The highest BCUT2D eigenvalue weighted by Crippen LogP contribution is 2.29. The van der Waals surface area contributed by atoms with Crippen LogP contribution in [-0.4, -0.2) is 32.0 Å². The highest BCUT2D eigenvalue weighted by Gasteiger charge is 2.19. The third-order valence-electron chi connectivity index (χ3n) is 4.01. The van der Waals surface area contributed by atoms with Crippen LogP contribution in [0.15, 0.2) is 0 Å². The summed E-state index contributed by atoms with van der Waals surface area (Å²) in [7, 11) is 1.90. The van der Waals surface area contributed by atoms with Crippen LogP contribution in [0.4, 0.5) is 0 Å². The van der Waals surface area contributed by atoms with Gasteiger partial charge in [0.05, 0.1) is 22.5 Å². The molecule has 0 amide bonds. The van der Waals surface area contributed by atoms with Crippen molar-refractivity contribution in [2.75, 3.05) is 5.75 Å². The van der Waals surface area contributed by atoms with Gasteiger partial charge in [-0.3, -0.25) is 4.68 Å². The molecule has 1 unspecified atom stereocenters. The van der Waals surface area contributed by atoms with Crippen LogP contribution in [0, 0.1) is 0 Å². The number of aromatic nitrogens is 2. The van der Waals surface area contributed by atoms with E-state index >= 15 is 0 Å². The van der Waals surface area contributed by atoms with E-state index in [-0.39, 0.29) is 6.10 Å². The average Bonchev–Trinajstić information content (AvgIpc) is 2.73. The largest absolute Gasteiger partial charge is 0.392 e. The highest BCUT2D eigenvalue weighted by molar-refractivity contribution is 7.99. The van der Waals surface area contributed by atoms with Gasteiger partial charge in [-0.15, -0.1) is 0 Å². The molecule has 1 aromatic heterocycles. The molecule has 0 aliphatic heterocycles. The number of hydrogen-bond donors (Lipinski definition) is 1. The standard InChI is InChI=1S/C15H25ClN2OS/c1-3-13-15(16)14(18(2)17-13)9-11(19)10-20-12-7-5-4-6-8-12/h11-12,19H,3-10H2,1-2H3. The summed E-state index contributed by atoms with van der Waals surface area (Å²) < 4.78 is 1.82. The molecule has 20 heavy (non-hydrogen) atoms. The van der Waals surface area contributed by atoms with Crippen molar-refractivity contribution in [2.45, 2.75) is 63.2 Å². The van der Waals surface area contributed by atoms with Crippen LogP contribution >= 0.6 is 23.4 Å². The van der Waals surface area contributed by atoms with Gasteiger partial charge in [0, 0.05) is 24.5 Å². The SMILES string of the molecule is CCc1nn(C)c(CC(O)CSC2CCCCC2)c1Cl. The monoisotopic (exact) mass is 316 g/mol. The Morgan fingerprint density at radius 2 is 2.10 bits per heavy atom. The van der Waals surface area contributed by atoms with Gasteiger partial charge in [0.25, 0.3) is 0 Å². The molecule has 1 N–H and O–H groups in total. The molecule has 2 rings (SSSR count). The van der Waals surface area contributed by atoms with Crippen molar-refractivity contribution in [2.24, 2.45) is 7.05 Å². The lowest BCUT2D eigenvalue weighted by molar-refractivity contribution is 0.197. The van der Waals surface area contributed by atoms with Gasteiger partial charge in [-0.05, 0) is 19.3 Å². The molecular weight excluding hydrogens is 292 g/mol. The highest BCUT2D eigenvalue weighted by atomic mass is 35.5. The fraction of sp³-hybridized carbons (Fsp3) is 0.800. The second-order valence-electron chi connectivity index (χ2n) is 5.64.